The number of nitrogens with one attached hydrogen (secondary N) is 3. The van der Waals surface area contributed by atoms with E-state index < -0.39 is 17.7 Å². The minimum absolute atomic E-state index is 0.0585. The number of phenolic OH excluding ortho intramolecular Hbond substituents is 3. The highest BCUT2D eigenvalue weighted by Gasteiger charge is 2.25. The van der Waals surface area contributed by atoms with Crippen LogP contribution in [0.1, 0.15) is 119 Å². The normalized spacial score (nSPS) is 18.4. The van der Waals surface area contributed by atoms with Gasteiger partial charge in [0, 0.05) is 52.1 Å². The largest absolute Gasteiger partial charge is 0.508 e. The van der Waals surface area contributed by atoms with Gasteiger partial charge in [-0.05, 0) is 195 Å². The molecular weight excluding hydrogens is 1190 g/mol. The highest BCUT2D eigenvalue weighted by Crippen LogP contribution is 2.42. The molecule has 0 heterocycles. The van der Waals surface area contributed by atoms with Crippen LogP contribution in [-0.4, -0.2) is 84.8 Å². The highest BCUT2D eigenvalue weighted by atomic mass is 32.2. The number of anilines is 3. The van der Waals surface area contributed by atoms with Crippen molar-refractivity contribution in [2.45, 2.75) is 130 Å². The first-order valence-electron chi connectivity index (χ1n) is 31.6. The van der Waals surface area contributed by atoms with Crippen molar-refractivity contribution in [3.63, 3.8) is 0 Å². The van der Waals surface area contributed by atoms with Gasteiger partial charge < -0.3 is 68.5 Å². The third-order valence-corrected chi connectivity index (χ3v) is 18.4. The second-order valence-electron chi connectivity index (χ2n) is 23.9. The molecule has 17 heteroatoms. The number of aliphatic hydroxyl groups excluding tert-OH is 3. The number of phenols is 3. The van der Waals surface area contributed by atoms with E-state index in [4.69, 9.17) is 21.9 Å². The summed E-state index contributed by atoms with van der Waals surface area (Å²) in [6, 6.07) is 62.3. The van der Waals surface area contributed by atoms with Crippen LogP contribution in [0.5, 0.6) is 28.7 Å². The van der Waals surface area contributed by atoms with Crippen LogP contribution in [0.2, 0.25) is 0 Å². The quantitative estimate of drug-likeness (QED) is 0.0380. The van der Waals surface area contributed by atoms with Crippen molar-refractivity contribution in [2.24, 2.45) is 17.2 Å². The lowest BCUT2D eigenvalue weighted by Crippen LogP contribution is -2.29. The number of aromatic hydroxyl groups is 3. The zero-order chi connectivity index (χ0) is 65.4. The Kier molecular flexibility index (Phi) is 22.4. The highest BCUT2D eigenvalue weighted by molar-refractivity contribution is 7.99. The molecule has 9 aromatic carbocycles. The monoisotopic (exact) mass is 1270 g/mol. The van der Waals surface area contributed by atoms with Gasteiger partial charge >= 0.3 is 0 Å². The molecule has 3 aliphatic rings. The van der Waals surface area contributed by atoms with Gasteiger partial charge in [-0.1, -0.05) is 133 Å². The van der Waals surface area contributed by atoms with Crippen molar-refractivity contribution in [1.29, 1.82) is 0 Å². The standard InChI is InChI=1S/C26H28N2O3.C25H26N2O4.C25H26N2O3S/c27-26(31)23-14-9-18(16-24(23)28-20-10-12-21(29)13-11-20)22-7-3-1-5-17(22)15-19-6-2-4-8-25(19)30;2*26-25(30)20-14-9-16(15-21(20)27-17-10-12-18(28)13-11-17)19-5-1-3-7-23(19)31-24-8-4-2-6-22(24)29/h1-9,14,16,20-21,28-30H,10-13,15H2,(H2,27,31);2*1-9,14-15,17-18,27-29H,10-13H2,(H2,26,30). The molecule has 0 saturated heterocycles. The molecule has 9 aromatic rings. The number of benzene rings is 9. The smallest absolute Gasteiger partial charge is 0.250 e. The second-order valence-corrected chi connectivity index (χ2v) is 25.0. The Balaban J connectivity index is 0.000000153. The SMILES string of the molecule is NC(=O)c1ccc(-c2ccccc2Cc2ccccc2O)cc1NC1CCC(O)CC1.NC(=O)c1ccc(-c2ccccc2Oc2ccccc2O)cc1NC1CCC(O)CC1.NC(=O)c1ccc(-c2ccccc2Sc2ccccc2O)cc1NC1CCC(O)CC1. The van der Waals surface area contributed by atoms with Gasteiger partial charge in [0.15, 0.2) is 11.5 Å². The van der Waals surface area contributed by atoms with Crippen molar-refractivity contribution in [3.8, 4) is 62.1 Å². The number of hydrogen-bond acceptors (Lipinski definition) is 14. The summed E-state index contributed by atoms with van der Waals surface area (Å²) in [6.45, 7) is 0. The maximum Gasteiger partial charge on any atom is 0.250 e. The number of carbonyl (C=O) groups excluding carboxylic acids is 3. The number of aliphatic hydroxyl groups is 3. The van der Waals surface area contributed by atoms with Gasteiger partial charge in [-0.25, -0.2) is 0 Å². The summed E-state index contributed by atoms with van der Waals surface area (Å²) < 4.78 is 5.98. The van der Waals surface area contributed by atoms with Crippen LogP contribution in [0.4, 0.5) is 17.1 Å². The first kappa shape index (κ1) is 66.2. The molecule has 480 valence electrons. The van der Waals surface area contributed by atoms with Crippen molar-refractivity contribution in [2.75, 3.05) is 16.0 Å². The third-order valence-electron chi connectivity index (χ3n) is 17.3. The van der Waals surface area contributed by atoms with Crippen LogP contribution < -0.4 is 37.9 Å². The van der Waals surface area contributed by atoms with Crippen molar-refractivity contribution < 1.29 is 49.8 Å². The van der Waals surface area contributed by atoms with E-state index in [1.165, 1.54) is 11.8 Å². The van der Waals surface area contributed by atoms with Crippen LogP contribution in [0, 0.1) is 0 Å². The summed E-state index contributed by atoms with van der Waals surface area (Å²) in [4.78, 5) is 37.8. The van der Waals surface area contributed by atoms with E-state index in [9.17, 15) is 45.0 Å². The minimum Gasteiger partial charge on any atom is -0.508 e. The number of hydrogen-bond donors (Lipinski definition) is 12. The number of carbonyl (C=O) groups is 3. The van der Waals surface area contributed by atoms with Crippen molar-refractivity contribution >= 4 is 46.5 Å². The van der Waals surface area contributed by atoms with E-state index in [0.29, 0.717) is 46.0 Å². The molecular formula is C76H80N6O10S. The molecule has 3 fully saturated rings. The molecule has 3 saturated carbocycles. The summed E-state index contributed by atoms with van der Waals surface area (Å²) in [5.41, 5.74) is 28.0. The van der Waals surface area contributed by atoms with Gasteiger partial charge in [0.2, 0.25) is 0 Å². The average molecular weight is 1270 g/mol. The Hall–Kier alpha value is -9.78. The number of rotatable bonds is 18. The van der Waals surface area contributed by atoms with E-state index in [2.05, 4.69) is 28.1 Å². The number of amides is 3. The molecule has 12 rings (SSSR count). The fourth-order valence-corrected chi connectivity index (χ4v) is 13.2. The summed E-state index contributed by atoms with van der Waals surface area (Å²) in [5, 5.41) is 70.2. The number of nitrogens with two attached hydrogens (primary N) is 3. The molecule has 0 spiro atoms. The Morgan fingerprint density at radius 1 is 0.376 bits per heavy atom. The van der Waals surface area contributed by atoms with Gasteiger partial charge in [-0.3, -0.25) is 14.4 Å². The summed E-state index contributed by atoms with van der Waals surface area (Å²) in [5.74, 6) is 0.0998. The molecule has 0 bridgehead atoms. The Bertz CT molecular complexity index is 3640. The molecule has 0 aliphatic heterocycles. The van der Waals surface area contributed by atoms with E-state index in [1.807, 2.05) is 127 Å². The average Bonchev–Trinajstić information content (AvgIpc) is 0.969. The van der Waals surface area contributed by atoms with Gasteiger partial charge in [0.25, 0.3) is 17.7 Å². The van der Waals surface area contributed by atoms with Crippen molar-refractivity contribution in [3.05, 3.63) is 228 Å². The van der Waals surface area contributed by atoms with Crippen LogP contribution in [-0.2, 0) is 6.42 Å². The van der Waals surface area contributed by atoms with Crippen LogP contribution in [0.15, 0.2) is 210 Å². The lowest BCUT2D eigenvalue weighted by molar-refractivity contribution is 0.0992. The summed E-state index contributed by atoms with van der Waals surface area (Å²) >= 11 is 1.50. The van der Waals surface area contributed by atoms with E-state index in [0.717, 1.165) is 137 Å². The van der Waals surface area contributed by atoms with Gasteiger partial charge in [0.05, 0.1) is 39.9 Å². The topological polar surface area (TPSA) is 296 Å². The predicted molar refractivity (Wildman–Crippen MR) is 368 cm³/mol. The van der Waals surface area contributed by atoms with Gasteiger partial charge in [-0.2, -0.15) is 0 Å². The Morgan fingerprint density at radius 2 is 0.731 bits per heavy atom. The molecule has 0 unspecified atom stereocenters. The lowest BCUT2D eigenvalue weighted by Gasteiger charge is -2.28. The fraction of sp³-hybridized carbons (Fsp3) is 0.250. The second kappa shape index (κ2) is 31.5. The number of primary amides is 3. The molecule has 93 heavy (non-hydrogen) atoms. The maximum atomic E-state index is 12.0. The number of para-hydroxylation sites is 5. The molecule has 0 radical (unpaired) electrons. The van der Waals surface area contributed by atoms with E-state index in [-0.39, 0.29) is 53.7 Å². The fourth-order valence-electron chi connectivity index (χ4n) is 12.2. The summed E-state index contributed by atoms with van der Waals surface area (Å²) in [7, 11) is 0. The Labute approximate surface area is 546 Å². The Morgan fingerprint density at radius 3 is 1.18 bits per heavy atom. The van der Waals surface area contributed by atoms with Gasteiger partial charge in [-0.15, -0.1) is 0 Å². The third kappa shape index (κ3) is 17.6. The van der Waals surface area contributed by atoms with Crippen molar-refractivity contribution in [1.82, 2.24) is 0 Å². The molecule has 3 aliphatic carbocycles. The molecule has 3 amide bonds. The zero-order valence-electron chi connectivity index (χ0n) is 51.7. The summed E-state index contributed by atoms with van der Waals surface area (Å²) in [6.07, 6.45) is 9.44. The minimum atomic E-state index is -0.497. The molecule has 0 aromatic heterocycles. The molecule has 0 atom stereocenters. The molecule has 16 nitrogen and oxygen atoms in total. The van der Waals surface area contributed by atoms with Crippen LogP contribution >= 0.6 is 11.8 Å². The van der Waals surface area contributed by atoms with Crippen LogP contribution in [0.3, 0.4) is 0 Å². The maximum absolute atomic E-state index is 12.0. The van der Waals surface area contributed by atoms with E-state index >= 15 is 0 Å². The zero-order valence-corrected chi connectivity index (χ0v) is 52.5. The first-order valence-corrected chi connectivity index (χ1v) is 32.5. The lowest BCUT2D eigenvalue weighted by atomic mass is 9.91. The van der Waals surface area contributed by atoms with Crippen LogP contribution in [0.25, 0.3) is 33.4 Å². The van der Waals surface area contributed by atoms with Gasteiger partial charge in [0.1, 0.15) is 17.2 Å². The first-order chi connectivity index (χ1) is 45.0. The molecule has 15 N–H and O–H groups in total. The predicted octanol–water partition coefficient (Wildman–Crippen LogP) is 14.2. The number of ether oxygens (including phenoxy) is 1. The van der Waals surface area contributed by atoms with E-state index in [1.54, 1.807) is 60.7 Å².